The van der Waals surface area contributed by atoms with Crippen molar-refractivity contribution in [1.29, 1.82) is 0 Å². The fourth-order valence-corrected chi connectivity index (χ4v) is 2.88. The molecule has 5 heteroatoms. The topological polar surface area (TPSA) is 46.3 Å². The standard InChI is InChI=1S/C15H20Cl2N2O/c1-9(2)14(18)15(20)19-7-3-4-13(19)10-5-6-11(16)12(17)8-10/h5-6,8-9,13-14H,3-4,7,18H2,1-2H3/t13?,14-/m1/s1. The Balaban J connectivity index is 2.22. The van der Waals surface area contributed by atoms with E-state index in [0.29, 0.717) is 10.0 Å². The first kappa shape index (κ1) is 15.6. The van der Waals surface area contributed by atoms with Crippen LogP contribution in [0.4, 0.5) is 0 Å². The van der Waals surface area contributed by atoms with E-state index >= 15 is 0 Å². The number of carbonyl (C=O) groups is 1. The zero-order chi connectivity index (χ0) is 14.9. The van der Waals surface area contributed by atoms with Gasteiger partial charge in [0.25, 0.3) is 0 Å². The van der Waals surface area contributed by atoms with E-state index in [2.05, 4.69) is 0 Å². The van der Waals surface area contributed by atoms with Crippen LogP contribution in [0.3, 0.4) is 0 Å². The molecule has 1 aromatic rings. The largest absolute Gasteiger partial charge is 0.334 e. The normalized spacial score (nSPS) is 20.5. The Morgan fingerprint density at radius 3 is 2.65 bits per heavy atom. The third-order valence-corrected chi connectivity index (χ3v) is 4.61. The summed E-state index contributed by atoms with van der Waals surface area (Å²) in [5.74, 6) is 0.158. The van der Waals surface area contributed by atoms with Crippen LogP contribution in [0.2, 0.25) is 10.0 Å². The number of halogens is 2. The van der Waals surface area contributed by atoms with Gasteiger partial charge in [-0.3, -0.25) is 4.79 Å². The number of nitrogens with two attached hydrogens (primary N) is 1. The fraction of sp³-hybridized carbons (Fsp3) is 0.533. The van der Waals surface area contributed by atoms with Crippen molar-refractivity contribution in [3.8, 4) is 0 Å². The number of carbonyl (C=O) groups excluding carboxylic acids is 1. The van der Waals surface area contributed by atoms with Gasteiger partial charge in [-0.1, -0.05) is 43.1 Å². The Morgan fingerprint density at radius 1 is 1.35 bits per heavy atom. The number of likely N-dealkylation sites (tertiary alicyclic amines) is 1. The van der Waals surface area contributed by atoms with Gasteiger partial charge < -0.3 is 10.6 Å². The summed E-state index contributed by atoms with van der Waals surface area (Å²) < 4.78 is 0. The Morgan fingerprint density at radius 2 is 2.05 bits per heavy atom. The molecule has 0 spiro atoms. The summed E-state index contributed by atoms with van der Waals surface area (Å²) >= 11 is 12.0. The highest BCUT2D eigenvalue weighted by Crippen LogP contribution is 2.35. The van der Waals surface area contributed by atoms with E-state index in [-0.39, 0.29) is 17.9 Å². The molecule has 1 aliphatic rings. The van der Waals surface area contributed by atoms with Gasteiger partial charge >= 0.3 is 0 Å². The van der Waals surface area contributed by atoms with Gasteiger partial charge in [-0.25, -0.2) is 0 Å². The number of nitrogens with zero attached hydrogens (tertiary/aromatic N) is 1. The van der Waals surface area contributed by atoms with Crippen LogP contribution in [0, 0.1) is 5.92 Å². The summed E-state index contributed by atoms with van der Waals surface area (Å²) in [6.07, 6.45) is 1.93. The predicted octanol–water partition coefficient (Wildman–Crippen LogP) is 3.64. The average Bonchev–Trinajstić information content (AvgIpc) is 2.89. The third-order valence-electron chi connectivity index (χ3n) is 3.87. The summed E-state index contributed by atoms with van der Waals surface area (Å²) in [4.78, 5) is 14.3. The molecule has 20 heavy (non-hydrogen) atoms. The second kappa shape index (κ2) is 6.33. The van der Waals surface area contributed by atoms with Crippen LogP contribution in [-0.2, 0) is 4.79 Å². The number of benzene rings is 1. The molecule has 1 amide bonds. The molecule has 0 radical (unpaired) electrons. The number of hydrogen-bond donors (Lipinski definition) is 1. The lowest BCUT2D eigenvalue weighted by atomic mass is 10.0. The summed E-state index contributed by atoms with van der Waals surface area (Å²) in [6.45, 7) is 4.68. The van der Waals surface area contributed by atoms with Crippen LogP contribution in [0.5, 0.6) is 0 Å². The fourth-order valence-electron chi connectivity index (χ4n) is 2.57. The SMILES string of the molecule is CC(C)[C@@H](N)C(=O)N1CCCC1c1ccc(Cl)c(Cl)c1. The van der Waals surface area contributed by atoms with Gasteiger partial charge in [-0.05, 0) is 36.5 Å². The first-order chi connectivity index (χ1) is 9.41. The lowest BCUT2D eigenvalue weighted by Gasteiger charge is -2.29. The van der Waals surface area contributed by atoms with E-state index in [1.165, 1.54) is 0 Å². The minimum atomic E-state index is -0.446. The first-order valence-corrected chi connectivity index (χ1v) is 7.68. The highest BCUT2D eigenvalue weighted by atomic mass is 35.5. The van der Waals surface area contributed by atoms with E-state index in [4.69, 9.17) is 28.9 Å². The monoisotopic (exact) mass is 314 g/mol. The van der Waals surface area contributed by atoms with Crippen LogP contribution in [0.1, 0.15) is 38.3 Å². The Labute approximate surface area is 130 Å². The van der Waals surface area contributed by atoms with Gasteiger partial charge in [0.2, 0.25) is 5.91 Å². The van der Waals surface area contributed by atoms with E-state index in [9.17, 15) is 4.79 Å². The molecule has 2 rings (SSSR count). The van der Waals surface area contributed by atoms with Gasteiger partial charge in [0.1, 0.15) is 0 Å². The molecule has 1 aromatic carbocycles. The predicted molar refractivity (Wildman–Crippen MR) is 83.0 cm³/mol. The van der Waals surface area contributed by atoms with Gasteiger partial charge in [-0.15, -0.1) is 0 Å². The number of amides is 1. The second-order valence-corrected chi connectivity index (χ2v) is 6.45. The molecule has 1 aliphatic heterocycles. The third kappa shape index (κ3) is 3.11. The molecule has 1 saturated heterocycles. The van der Waals surface area contributed by atoms with E-state index in [1.807, 2.05) is 30.9 Å². The maximum absolute atomic E-state index is 12.5. The van der Waals surface area contributed by atoms with E-state index in [0.717, 1.165) is 24.9 Å². The second-order valence-electron chi connectivity index (χ2n) is 5.63. The van der Waals surface area contributed by atoms with E-state index < -0.39 is 6.04 Å². The minimum Gasteiger partial charge on any atom is -0.334 e. The number of rotatable bonds is 3. The van der Waals surface area contributed by atoms with Crippen LogP contribution in [0.25, 0.3) is 0 Å². The average molecular weight is 315 g/mol. The minimum absolute atomic E-state index is 0.0218. The zero-order valence-corrected chi connectivity index (χ0v) is 13.3. The zero-order valence-electron chi connectivity index (χ0n) is 11.8. The van der Waals surface area contributed by atoms with Crippen molar-refractivity contribution in [3.63, 3.8) is 0 Å². The lowest BCUT2D eigenvalue weighted by molar-refractivity contribution is -0.134. The molecule has 2 N–H and O–H groups in total. The highest BCUT2D eigenvalue weighted by molar-refractivity contribution is 6.42. The van der Waals surface area contributed by atoms with Crippen molar-refractivity contribution < 1.29 is 4.79 Å². The molecule has 1 unspecified atom stereocenters. The van der Waals surface area contributed by atoms with Crippen molar-refractivity contribution in [1.82, 2.24) is 4.90 Å². The molecule has 0 aliphatic carbocycles. The van der Waals surface area contributed by atoms with Gasteiger partial charge in [-0.2, -0.15) is 0 Å². The molecule has 3 nitrogen and oxygen atoms in total. The van der Waals surface area contributed by atoms with Gasteiger partial charge in [0, 0.05) is 6.54 Å². The molecule has 0 saturated carbocycles. The van der Waals surface area contributed by atoms with Crippen LogP contribution in [0.15, 0.2) is 18.2 Å². The van der Waals surface area contributed by atoms with E-state index in [1.54, 1.807) is 6.07 Å². The van der Waals surface area contributed by atoms with Gasteiger partial charge in [0.15, 0.2) is 0 Å². The van der Waals surface area contributed by atoms with Crippen molar-refractivity contribution >= 4 is 29.1 Å². The molecular formula is C15H20Cl2N2O. The quantitative estimate of drug-likeness (QED) is 0.925. The Kier molecular flexibility index (Phi) is 4.95. The molecule has 0 bridgehead atoms. The van der Waals surface area contributed by atoms with Crippen LogP contribution in [-0.4, -0.2) is 23.4 Å². The highest BCUT2D eigenvalue weighted by Gasteiger charge is 2.33. The van der Waals surface area contributed by atoms with Crippen molar-refractivity contribution in [2.75, 3.05) is 6.54 Å². The van der Waals surface area contributed by atoms with Crippen molar-refractivity contribution in [2.24, 2.45) is 11.7 Å². The van der Waals surface area contributed by atoms with Crippen LogP contribution >= 0.6 is 23.2 Å². The summed E-state index contributed by atoms with van der Waals surface area (Å²) in [6, 6.07) is 5.18. The summed E-state index contributed by atoms with van der Waals surface area (Å²) in [5.41, 5.74) is 7.02. The smallest absolute Gasteiger partial charge is 0.240 e. The molecular weight excluding hydrogens is 295 g/mol. The summed E-state index contributed by atoms with van der Waals surface area (Å²) in [5, 5.41) is 1.06. The molecule has 0 aromatic heterocycles. The lowest BCUT2D eigenvalue weighted by Crippen LogP contribution is -2.46. The van der Waals surface area contributed by atoms with Crippen LogP contribution < -0.4 is 5.73 Å². The Hall–Kier alpha value is -0.770. The molecule has 1 fully saturated rings. The van der Waals surface area contributed by atoms with Crippen molar-refractivity contribution in [2.45, 2.75) is 38.8 Å². The maximum Gasteiger partial charge on any atom is 0.240 e. The maximum atomic E-state index is 12.5. The molecule has 1 heterocycles. The molecule has 110 valence electrons. The first-order valence-electron chi connectivity index (χ1n) is 6.93. The Bertz CT molecular complexity index is 505. The molecule has 2 atom stereocenters. The summed E-state index contributed by atoms with van der Waals surface area (Å²) in [7, 11) is 0. The van der Waals surface area contributed by atoms with Crippen molar-refractivity contribution in [3.05, 3.63) is 33.8 Å². The van der Waals surface area contributed by atoms with Gasteiger partial charge in [0.05, 0.1) is 22.1 Å². The number of hydrogen-bond acceptors (Lipinski definition) is 2.